The van der Waals surface area contributed by atoms with Crippen molar-refractivity contribution < 1.29 is 9.59 Å². The largest absolute Gasteiger partial charge is 0.351 e. The number of nitrogens with one attached hydrogen (secondary N) is 2. The van der Waals surface area contributed by atoms with E-state index in [-0.39, 0.29) is 23.8 Å². The number of carbonyl (C=O) groups excluding carboxylic acids is 2. The number of carbonyl (C=O) groups is 2. The summed E-state index contributed by atoms with van der Waals surface area (Å²) in [6.45, 7) is 3.14. The summed E-state index contributed by atoms with van der Waals surface area (Å²) < 4.78 is 0. The number of para-hydroxylation sites is 1. The van der Waals surface area contributed by atoms with E-state index in [0.717, 1.165) is 29.3 Å². The molecule has 1 aromatic heterocycles. The van der Waals surface area contributed by atoms with Crippen LogP contribution in [0.2, 0.25) is 0 Å². The van der Waals surface area contributed by atoms with Gasteiger partial charge in [-0.15, -0.1) is 0 Å². The van der Waals surface area contributed by atoms with E-state index in [1.807, 2.05) is 67.6 Å². The van der Waals surface area contributed by atoms with Gasteiger partial charge in [-0.25, -0.2) is 0 Å². The zero-order chi connectivity index (χ0) is 19.5. The van der Waals surface area contributed by atoms with Gasteiger partial charge in [-0.2, -0.15) is 0 Å². The summed E-state index contributed by atoms with van der Waals surface area (Å²) in [6.07, 6.45) is 1.65. The Hall–Kier alpha value is -3.08. The maximum absolute atomic E-state index is 12.9. The molecule has 1 fully saturated rings. The van der Waals surface area contributed by atoms with Crippen molar-refractivity contribution in [1.29, 1.82) is 0 Å². The second-order valence-electron chi connectivity index (χ2n) is 7.50. The van der Waals surface area contributed by atoms with Gasteiger partial charge in [-0.05, 0) is 37.5 Å². The molecule has 1 aliphatic heterocycles. The number of hydrogen-bond acceptors (Lipinski definition) is 2. The Morgan fingerprint density at radius 3 is 2.64 bits per heavy atom. The lowest BCUT2D eigenvalue weighted by Crippen LogP contribution is -2.46. The first-order valence-corrected chi connectivity index (χ1v) is 9.84. The van der Waals surface area contributed by atoms with Crippen LogP contribution in [0.5, 0.6) is 0 Å². The Bertz CT molecular complexity index is 947. The van der Waals surface area contributed by atoms with Crippen LogP contribution in [0.25, 0.3) is 10.9 Å². The van der Waals surface area contributed by atoms with Crippen molar-refractivity contribution in [2.75, 3.05) is 13.1 Å². The highest BCUT2D eigenvalue weighted by atomic mass is 16.2. The maximum Gasteiger partial charge on any atom is 0.270 e. The van der Waals surface area contributed by atoms with Gasteiger partial charge in [0.2, 0.25) is 5.91 Å². The fourth-order valence-electron chi connectivity index (χ4n) is 3.89. The summed E-state index contributed by atoms with van der Waals surface area (Å²) in [4.78, 5) is 30.7. The molecule has 2 atom stereocenters. The van der Waals surface area contributed by atoms with Gasteiger partial charge in [0.25, 0.3) is 5.91 Å². The number of nitrogens with zero attached hydrogens (tertiary/aromatic N) is 1. The zero-order valence-electron chi connectivity index (χ0n) is 16.0. The Labute approximate surface area is 164 Å². The molecule has 28 heavy (non-hydrogen) atoms. The predicted molar refractivity (Wildman–Crippen MR) is 110 cm³/mol. The quantitative estimate of drug-likeness (QED) is 0.726. The number of fused-ring (bicyclic) bond motifs is 1. The summed E-state index contributed by atoms with van der Waals surface area (Å²) in [6, 6.07) is 19.6. The molecule has 3 aromatic rings. The van der Waals surface area contributed by atoms with Crippen LogP contribution in [0.1, 0.15) is 41.9 Å². The monoisotopic (exact) mass is 375 g/mol. The average molecular weight is 375 g/mol. The minimum atomic E-state index is -0.173. The van der Waals surface area contributed by atoms with Crippen LogP contribution in [-0.4, -0.2) is 34.8 Å². The molecule has 144 valence electrons. The molecular formula is C23H25N3O2. The second-order valence-corrected chi connectivity index (χ2v) is 7.50. The number of benzene rings is 2. The van der Waals surface area contributed by atoms with E-state index in [4.69, 9.17) is 0 Å². The SMILES string of the molecule is C[C@@H](NC(=O)[C@H]1CCCN(C(=O)c2cc3ccccc3[nH]2)C1)c1ccccc1. The van der Waals surface area contributed by atoms with Gasteiger partial charge in [-0.3, -0.25) is 9.59 Å². The molecule has 1 saturated heterocycles. The molecular weight excluding hydrogens is 350 g/mol. The fraction of sp³-hybridized carbons (Fsp3) is 0.304. The second kappa shape index (κ2) is 7.89. The van der Waals surface area contributed by atoms with Crippen LogP contribution in [0.15, 0.2) is 60.7 Å². The van der Waals surface area contributed by atoms with Crippen molar-refractivity contribution in [3.63, 3.8) is 0 Å². The number of aromatic nitrogens is 1. The number of piperidine rings is 1. The zero-order valence-corrected chi connectivity index (χ0v) is 16.0. The van der Waals surface area contributed by atoms with Crippen LogP contribution in [0, 0.1) is 5.92 Å². The van der Waals surface area contributed by atoms with Gasteiger partial charge in [0.15, 0.2) is 0 Å². The van der Waals surface area contributed by atoms with Crippen LogP contribution in [0.4, 0.5) is 0 Å². The highest BCUT2D eigenvalue weighted by Gasteiger charge is 2.30. The fourth-order valence-corrected chi connectivity index (χ4v) is 3.89. The summed E-state index contributed by atoms with van der Waals surface area (Å²) in [5, 5.41) is 4.12. The summed E-state index contributed by atoms with van der Waals surface area (Å²) in [7, 11) is 0. The molecule has 2 N–H and O–H groups in total. The van der Waals surface area contributed by atoms with Crippen molar-refractivity contribution in [3.05, 3.63) is 71.9 Å². The molecule has 0 unspecified atom stereocenters. The average Bonchev–Trinajstić information content (AvgIpc) is 3.18. The number of H-pyrrole nitrogens is 1. The van der Waals surface area contributed by atoms with Gasteiger partial charge in [0.05, 0.1) is 12.0 Å². The number of likely N-dealkylation sites (tertiary alicyclic amines) is 1. The number of hydrogen-bond donors (Lipinski definition) is 2. The first-order chi connectivity index (χ1) is 13.6. The lowest BCUT2D eigenvalue weighted by molar-refractivity contribution is -0.127. The first kappa shape index (κ1) is 18.3. The molecule has 0 saturated carbocycles. The highest BCUT2D eigenvalue weighted by Crippen LogP contribution is 2.22. The van der Waals surface area contributed by atoms with Crippen molar-refractivity contribution in [2.45, 2.75) is 25.8 Å². The van der Waals surface area contributed by atoms with E-state index >= 15 is 0 Å². The molecule has 2 amide bonds. The van der Waals surface area contributed by atoms with E-state index < -0.39 is 0 Å². The summed E-state index contributed by atoms with van der Waals surface area (Å²) >= 11 is 0. The Morgan fingerprint density at radius 2 is 1.86 bits per heavy atom. The number of rotatable bonds is 4. The number of aromatic amines is 1. The van der Waals surface area contributed by atoms with Crippen molar-refractivity contribution >= 4 is 22.7 Å². The van der Waals surface area contributed by atoms with Crippen molar-refractivity contribution in [2.24, 2.45) is 5.92 Å². The summed E-state index contributed by atoms with van der Waals surface area (Å²) in [5.41, 5.74) is 2.62. The lowest BCUT2D eigenvalue weighted by Gasteiger charge is -2.32. The van der Waals surface area contributed by atoms with E-state index in [0.29, 0.717) is 18.8 Å². The molecule has 4 rings (SSSR count). The molecule has 2 heterocycles. The maximum atomic E-state index is 12.9. The summed E-state index contributed by atoms with van der Waals surface area (Å²) in [5.74, 6) is -0.191. The van der Waals surface area contributed by atoms with Gasteiger partial charge in [-0.1, -0.05) is 48.5 Å². The number of amides is 2. The first-order valence-electron chi connectivity index (χ1n) is 9.84. The molecule has 0 bridgehead atoms. The smallest absolute Gasteiger partial charge is 0.270 e. The van der Waals surface area contributed by atoms with E-state index in [1.165, 1.54) is 0 Å². The minimum Gasteiger partial charge on any atom is -0.351 e. The third-order valence-corrected chi connectivity index (χ3v) is 5.50. The van der Waals surface area contributed by atoms with E-state index in [2.05, 4.69) is 10.3 Å². The van der Waals surface area contributed by atoms with Gasteiger partial charge in [0.1, 0.15) is 5.69 Å². The molecule has 0 spiro atoms. The normalized spacial score (nSPS) is 18.0. The van der Waals surface area contributed by atoms with Crippen LogP contribution < -0.4 is 5.32 Å². The van der Waals surface area contributed by atoms with E-state index in [9.17, 15) is 9.59 Å². The standard InChI is InChI=1S/C23H25N3O2/c1-16(17-8-3-2-4-9-17)24-22(27)19-11-7-13-26(15-19)23(28)21-14-18-10-5-6-12-20(18)25-21/h2-6,8-10,12,14,16,19,25H,7,11,13,15H2,1H3,(H,24,27)/t16-,19+/m1/s1. The lowest BCUT2D eigenvalue weighted by atomic mass is 9.96. The Kier molecular flexibility index (Phi) is 5.15. The van der Waals surface area contributed by atoms with Crippen LogP contribution in [0.3, 0.4) is 0 Å². The van der Waals surface area contributed by atoms with Crippen molar-refractivity contribution in [1.82, 2.24) is 15.2 Å². The van der Waals surface area contributed by atoms with Gasteiger partial charge in [0, 0.05) is 24.0 Å². The molecule has 0 radical (unpaired) electrons. The van der Waals surface area contributed by atoms with Gasteiger partial charge < -0.3 is 15.2 Å². The Balaban J connectivity index is 1.42. The third-order valence-electron chi connectivity index (χ3n) is 5.50. The van der Waals surface area contributed by atoms with Crippen LogP contribution in [-0.2, 0) is 4.79 Å². The third kappa shape index (κ3) is 3.79. The molecule has 5 heteroatoms. The minimum absolute atomic E-state index is 0.0190. The predicted octanol–water partition coefficient (Wildman–Crippen LogP) is 3.90. The molecule has 2 aromatic carbocycles. The highest BCUT2D eigenvalue weighted by molar-refractivity contribution is 5.98. The topological polar surface area (TPSA) is 65.2 Å². The Morgan fingerprint density at radius 1 is 1.11 bits per heavy atom. The van der Waals surface area contributed by atoms with E-state index in [1.54, 1.807) is 4.90 Å². The van der Waals surface area contributed by atoms with Gasteiger partial charge >= 0.3 is 0 Å². The molecule has 5 nitrogen and oxygen atoms in total. The van der Waals surface area contributed by atoms with Crippen molar-refractivity contribution in [3.8, 4) is 0 Å². The molecule has 1 aliphatic rings. The molecule has 0 aliphatic carbocycles. The van der Waals surface area contributed by atoms with Crippen LogP contribution >= 0.6 is 0 Å².